The van der Waals surface area contributed by atoms with Gasteiger partial charge in [-0.3, -0.25) is 4.79 Å². The highest BCUT2D eigenvalue weighted by Crippen LogP contribution is 2.20. The van der Waals surface area contributed by atoms with E-state index < -0.39 is 6.04 Å². The van der Waals surface area contributed by atoms with Gasteiger partial charge in [-0.15, -0.1) is 0 Å². The molecule has 0 radical (unpaired) electrons. The van der Waals surface area contributed by atoms with Crippen LogP contribution in [0.5, 0.6) is 0 Å². The lowest BCUT2D eigenvalue weighted by Crippen LogP contribution is -2.35. The predicted octanol–water partition coefficient (Wildman–Crippen LogP) is 3.04. The van der Waals surface area contributed by atoms with Gasteiger partial charge in [-0.1, -0.05) is 19.8 Å². The first-order valence-electron chi connectivity index (χ1n) is 5.56. The standard InChI is InChI=1S/C12H16BrFN2O/c1-2-3-4-11(15)12(17)16-8-5-6-10(14)9(13)7-8/h5-7,11H,2-4,15H2,1H3,(H,16,17)/t11-/m0/s1. The van der Waals surface area contributed by atoms with E-state index in [1.165, 1.54) is 18.2 Å². The molecule has 0 saturated heterocycles. The Hall–Kier alpha value is -0.940. The molecule has 0 saturated carbocycles. The van der Waals surface area contributed by atoms with Crippen molar-refractivity contribution in [3.63, 3.8) is 0 Å². The van der Waals surface area contributed by atoms with Crippen LogP contribution in [0.4, 0.5) is 10.1 Å². The van der Waals surface area contributed by atoms with Gasteiger partial charge in [0.05, 0.1) is 10.5 Å². The molecule has 1 atom stereocenters. The van der Waals surface area contributed by atoms with Crippen LogP contribution in [0.1, 0.15) is 26.2 Å². The molecule has 94 valence electrons. The summed E-state index contributed by atoms with van der Waals surface area (Å²) in [7, 11) is 0. The third-order valence-electron chi connectivity index (χ3n) is 2.39. The Bertz CT molecular complexity index is 398. The third-order valence-corrected chi connectivity index (χ3v) is 3.00. The van der Waals surface area contributed by atoms with E-state index >= 15 is 0 Å². The molecule has 1 amide bonds. The highest BCUT2D eigenvalue weighted by molar-refractivity contribution is 9.10. The first-order chi connectivity index (χ1) is 8.04. The maximum atomic E-state index is 13.0. The van der Waals surface area contributed by atoms with Crippen LogP contribution in [0.25, 0.3) is 0 Å². The fraction of sp³-hybridized carbons (Fsp3) is 0.417. The molecule has 0 bridgehead atoms. The number of hydrogen-bond donors (Lipinski definition) is 2. The van der Waals surface area contributed by atoms with Crippen molar-refractivity contribution in [3.8, 4) is 0 Å². The minimum atomic E-state index is -0.515. The van der Waals surface area contributed by atoms with E-state index in [-0.39, 0.29) is 11.7 Å². The van der Waals surface area contributed by atoms with Crippen molar-refractivity contribution in [1.82, 2.24) is 0 Å². The van der Waals surface area contributed by atoms with E-state index in [4.69, 9.17) is 5.73 Å². The zero-order valence-electron chi connectivity index (χ0n) is 9.67. The first kappa shape index (κ1) is 14.1. The molecule has 1 aromatic rings. The Balaban J connectivity index is 2.58. The number of anilines is 1. The molecule has 0 fully saturated rings. The van der Waals surface area contributed by atoms with E-state index in [0.29, 0.717) is 16.6 Å². The summed E-state index contributed by atoms with van der Waals surface area (Å²) in [5, 5.41) is 2.66. The molecule has 0 aliphatic rings. The molecular weight excluding hydrogens is 287 g/mol. The fourth-order valence-corrected chi connectivity index (χ4v) is 1.74. The number of benzene rings is 1. The second-order valence-electron chi connectivity index (χ2n) is 3.87. The molecule has 0 aromatic heterocycles. The average Bonchev–Trinajstić information content (AvgIpc) is 2.30. The van der Waals surface area contributed by atoms with E-state index in [9.17, 15) is 9.18 Å². The normalized spacial score (nSPS) is 12.2. The number of halogens is 2. The predicted molar refractivity (Wildman–Crippen MR) is 70.2 cm³/mol. The highest BCUT2D eigenvalue weighted by atomic mass is 79.9. The monoisotopic (exact) mass is 302 g/mol. The van der Waals surface area contributed by atoms with Crippen LogP contribution in [0, 0.1) is 5.82 Å². The molecule has 0 aliphatic carbocycles. The second kappa shape index (κ2) is 6.71. The van der Waals surface area contributed by atoms with Crippen molar-refractivity contribution < 1.29 is 9.18 Å². The highest BCUT2D eigenvalue weighted by Gasteiger charge is 2.13. The number of unbranched alkanes of at least 4 members (excludes halogenated alkanes) is 1. The van der Waals surface area contributed by atoms with Gasteiger partial charge in [-0.2, -0.15) is 0 Å². The van der Waals surface area contributed by atoms with Crippen molar-refractivity contribution in [1.29, 1.82) is 0 Å². The first-order valence-corrected chi connectivity index (χ1v) is 6.35. The van der Waals surface area contributed by atoms with Crippen molar-refractivity contribution in [2.45, 2.75) is 32.2 Å². The van der Waals surface area contributed by atoms with Crippen LogP contribution in [-0.2, 0) is 4.79 Å². The maximum Gasteiger partial charge on any atom is 0.241 e. The van der Waals surface area contributed by atoms with Gasteiger partial charge in [0, 0.05) is 5.69 Å². The van der Waals surface area contributed by atoms with Gasteiger partial charge in [0.25, 0.3) is 0 Å². The van der Waals surface area contributed by atoms with Gasteiger partial charge in [0.2, 0.25) is 5.91 Å². The molecule has 3 N–H and O–H groups in total. The van der Waals surface area contributed by atoms with Gasteiger partial charge in [-0.05, 0) is 40.5 Å². The number of carbonyl (C=O) groups excluding carboxylic acids is 1. The van der Waals surface area contributed by atoms with Crippen LogP contribution in [-0.4, -0.2) is 11.9 Å². The quantitative estimate of drug-likeness (QED) is 0.878. The Kier molecular flexibility index (Phi) is 5.58. The van der Waals surface area contributed by atoms with Crippen LogP contribution in [0.3, 0.4) is 0 Å². The Morgan fingerprint density at radius 3 is 2.88 bits per heavy atom. The van der Waals surface area contributed by atoms with E-state index in [1.807, 2.05) is 6.92 Å². The van der Waals surface area contributed by atoms with Gasteiger partial charge in [0.15, 0.2) is 0 Å². The van der Waals surface area contributed by atoms with Crippen LogP contribution in [0.15, 0.2) is 22.7 Å². The van der Waals surface area contributed by atoms with E-state index in [0.717, 1.165) is 12.8 Å². The van der Waals surface area contributed by atoms with Gasteiger partial charge in [0.1, 0.15) is 5.82 Å². The zero-order valence-corrected chi connectivity index (χ0v) is 11.3. The molecule has 1 rings (SSSR count). The number of amides is 1. The zero-order chi connectivity index (χ0) is 12.8. The molecule has 0 aliphatic heterocycles. The van der Waals surface area contributed by atoms with Crippen molar-refractivity contribution >= 4 is 27.5 Å². The lowest BCUT2D eigenvalue weighted by atomic mass is 10.1. The fourth-order valence-electron chi connectivity index (χ4n) is 1.36. The SMILES string of the molecule is CCCC[C@H](N)C(=O)Nc1ccc(F)c(Br)c1. The lowest BCUT2D eigenvalue weighted by Gasteiger charge is -2.12. The number of rotatable bonds is 5. The number of nitrogens with one attached hydrogen (secondary N) is 1. The van der Waals surface area contributed by atoms with Crippen LogP contribution in [0.2, 0.25) is 0 Å². The van der Waals surface area contributed by atoms with Crippen LogP contribution >= 0.6 is 15.9 Å². The molecular formula is C12H16BrFN2O. The summed E-state index contributed by atoms with van der Waals surface area (Å²) in [6.45, 7) is 2.04. The summed E-state index contributed by atoms with van der Waals surface area (Å²) in [4.78, 5) is 11.7. The number of nitrogens with two attached hydrogens (primary N) is 1. The Morgan fingerprint density at radius 2 is 2.29 bits per heavy atom. The molecule has 1 aromatic carbocycles. The minimum Gasteiger partial charge on any atom is -0.325 e. The van der Waals surface area contributed by atoms with Gasteiger partial charge in [-0.25, -0.2) is 4.39 Å². The van der Waals surface area contributed by atoms with Gasteiger partial charge >= 0.3 is 0 Å². The van der Waals surface area contributed by atoms with E-state index in [2.05, 4.69) is 21.2 Å². The molecule has 5 heteroatoms. The Morgan fingerprint density at radius 1 is 1.59 bits per heavy atom. The van der Waals surface area contributed by atoms with Crippen molar-refractivity contribution in [2.24, 2.45) is 5.73 Å². The molecule has 0 heterocycles. The van der Waals surface area contributed by atoms with Crippen LogP contribution < -0.4 is 11.1 Å². The summed E-state index contributed by atoms with van der Waals surface area (Å²) in [5.74, 6) is -0.602. The van der Waals surface area contributed by atoms with Gasteiger partial charge < -0.3 is 11.1 Å². The molecule has 17 heavy (non-hydrogen) atoms. The minimum absolute atomic E-state index is 0.239. The third kappa shape index (κ3) is 4.44. The summed E-state index contributed by atoms with van der Waals surface area (Å²) < 4.78 is 13.3. The maximum absolute atomic E-state index is 13.0. The second-order valence-corrected chi connectivity index (χ2v) is 4.72. The summed E-state index contributed by atoms with van der Waals surface area (Å²) >= 11 is 3.06. The number of hydrogen-bond acceptors (Lipinski definition) is 2. The largest absolute Gasteiger partial charge is 0.325 e. The number of carbonyl (C=O) groups is 1. The summed E-state index contributed by atoms with van der Waals surface area (Å²) in [5.41, 5.74) is 6.26. The molecule has 3 nitrogen and oxygen atoms in total. The topological polar surface area (TPSA) is 55.1 Å². The summed E-state index contributed by atoms with van der Waals surface area (Å²) in [6, 6.07) is 3.79. The smallest absolute Gasteiger partial charge is 0.241 e. The lowest BCUT2D eigenvalue weighted by molar-refractivity contribution is -0.117. The molecule has 0 spiro atoms. The Labute approximate surface area is 109 Å². The average molecular weight is 303 g/mol. The van der Waals surface area contributed by atoms with Crippen molar-refractivity contribution in [3.05, 3.63) is 28.5 Å². The molecule has 0 unspecified atom stereocenters. The van der Waals surface area contributed by atoms with Crippen molar-refractivity contribution in [2.75, 3.05) is 5.32 Å². The summed E-state index contributed by atoms with van der Waals surface area (Å²) in [6.07, 6.45) is 2.58. The van der Waals surface area contributed by atoms with E-state index in [1.54, 1.807) is 0 Å².